The Kier molecular flexibility index (Phi) is 4.83. The van der Waals surface area contributed by atoms with Gasteiger partial charge in [0.05, 0.1) is 10.6 Å². The molecule has 5 nitrogen and oxygen atoms in total. The summed E-state index contributed by atoms with van der Waals surface area (Å²) in [5, 5.41) is 9.76. The first kappa shape index (κ1) is 15.6. The van der Waals surface area contributed by atoms with Gasteiger partial charge in [0.15, 0.2) is 5.82 Å². The Morgan fingerprint density at radius 1 is 1.45 bits per heavy atom. The number of hydrogen-bond donors (Lipinski definition) is 1. The van der Waals surface area contributed by atoms with Crippen molar-refractivity contribution in [2.45, 2.75) is 50.4 Å². The van der Waals surface area contributed by atoms with Gasteiger partial charge >= 0.3 is 0 Å². The first-order valence-electron chi connectivity index (χ1n) is 7.55. The van der Waals surface area contributed by atoms with Crippen LogP contribution in [0.2, 0.25) is 0 Å². The van der Waals surface area contributed by atoms with E-state index in [1.807, 2.05) is 22.4 Å². The van der Waals surface area contributed by atoms with Crippen LogP contribution < -0.4 is 0 Å². The van der Waals surface area contributed by atoms with Crippen molar-refractivity contribution < 1.29 is 4.79 Å². The molecule has 0 aliphatic carbocycles. The van der Waals surface area contributed by atoms with Crippen LogP contribution in [0.4, 0.5) is 0 Å². The topological polar surface area (TPSA) is 61.9 Å². The standard InChI is InChI=1S/C15H20N4OS2/c1-10-5-3-6-11(2)19(10)13(20)9-22-15-16-14(17-18-15)12-7-4-8-21-12/h4,7-8,10-11H,3,5-6,9H2,1-2H3,(H,16,17,18)/t10-,11-/m1/s1. The van der Waals surface area contributed by atoms with Gasteiger partial charge in [-0.3, -0.25) is 9.89 Å². The predicted octanol–water partition coefficient (Wildman–Crippen LogP) is 3.41. The molecule has 0 radical (unpaired) electrons. The molecule has 3 rings (SSSR count). The van der Waals surface area contributed by atoms with Crippen LogP contribution in [0.15, 0.2) is 22.7 Å². The zero-order valence-corrected chi connectivity index (χ0v) is 14.4. The molecule has 2 aromatic rings. The van der Waals surface area contributed by atoms with E-state index in [2.05, 4.69) is 29.0 Å². The number of H-pyrrole nitrogens is 1. The average molecular weight is 336 g/mol. The summed E-state index contributed by atoms with van der Waals surface area (Å²) >= 11 is 3.02. The minimum atomic E-state index is 0.187. The van der Waals surface area contributed by atoms with Crippen molar-refractivity contribution >= 4 is 29.0 Å². The molecular formula is C15H20N4OS2. The number of nitrogens with one attached hydrogen (secondary N) is 1. The van der Waals surface area contributed by atoms with Crippen LogP contribution in [-0.4, -0.2) is 43.8 Å². The zero-order valence-electron chi connectivity index (χ0n) is 12.8. The Balaban J connectivity index is 1.59. The predicted molar refractivity (Wildman–Crippen MR) is 90.0 cm³/mol. The first-order valence-corrected chi connectivity index (χ1v) is 9.42. The molecule has 3 heterocycles. The number of hydrogen-bond acceptors (Lipinski definition) is 5. The molecule has 1 N–H and O–H groups in total. The molecule has 0 unspecified atom stereocenters. The Morgan fingerprint density at radius 3 is 2.91 bits per heavy atom. The second kappa shape index (κ2) is 6.83. The van der Waals surface area contributed by atoms with Gasteiger partial charge in [0.25, 0.3) is 0 Å². The summed E-state index contributed by atoms with van der Waals surface area (Å²) in [4.78, 5) is 20.0. The highest BCUT2D eigenvalue weighted by Gasteiger charge is 2.28. The van der Waals surface area contributed by atoms with E-state index in [-0.39, 0.29) is 5.91 Å². The highest BCUT2D eigenvalue weighted by atomic mass is 32.2. The quantitative estimate of drug-likeness (QED) is 0.869. The molecule has 1 aliphatic heterocycles. The summed E-state index contributed by atoms with van der Waals surface area (Å²) in [7, 11) is 0. The Bertz CT molecular complexity index is 615. The third-order valence-corrected chi connectivity index (χ3v) is 5.73. The van der Waals surface area contributed by atoms with Gasteiger partial charge in [-0.25, -0.2) is 4.98 Å². The van der Waals surface area contributed by atoms with E-state index < -0.39 is 0 Å². The van der Waals surface area contributed by atoms with Crippen LogP contribution in [-0.2, 0) is 4.79 Å². The molecule has 0 bridgehead atoms. The van der Waals surface area contributed by atoms with Gasteiger partial charge in [-0.15, -0.1) is 16.4 Å². The second-order valence-electron chi connectivity index (χ2n) is 5.66. The van der Waals surface area contributed by atoms with E-state index in [0.717, 1.165) is 23.5 Å². The fourth-order valence-electron chi connectivity index (χ4n) is 2.95. The number of likely N-dealkylation sites (tertiary alicyclic amines) is 1. The highest BCUT2D eigenvalue weighted by molar-refractivity contribution is 7.99. The SMILES string of the molecule is C[C@@H]1CCC[C@@H](C)N1C(=O)CSc1n[nH]c(-c2cccs2)n1. The van der Waals surface area contributed by atoms with Crippen molar-refractivity contribution in [3.63, 3.8) is 0 Å². The number of aromatic amines is 1. The van der Waals surface area contributed by atoms with E-state index in [1.54, 1.807) is 11.3 Å². The largest absolute Gasteiger partial charge is 0.337 e. The summed E-state index contributed by atoms with van der Waals surface area (Å²) in [6.45, 7) is 4.28. The molecule has 1 amide bonds. The second-order valence-corrected chi connectivity index (χ2v) is 7.55. The number of carbonyl (C=O) groups excluding carboxylic acids is 1. The fraction of sp³-hybridized carbons (Fsp3) is 0.533. The maximum atomic E-state index is 12.5. The van der Waals surface area contributed by atoms with Crippen molar-refractivity contribution in [1.82, 2.24) is 20.1 Å². The third kappa shape index (κ3) is 3.35. The fourth-order valence-corrected chi connectivity index (χ4v) is 4.28. The Labute approximate surface area is 138 Å². The smallest absolute Gasteiger partial charge is 0.233 e. The summed E-state index contributed by atoms with van der Waals surface area (Å²) in [6.07, 6.45) is 3.41. The minimum absolute atomic E-state index is 0.187. The van der Waals surface area contributed by atoms with Crippen molar-refractivity contribution in [2.24, 2.45) is 0 Å². The minimum Gasteiger partial charge on any atom is -0.337 e. The normalized spacial score (nSPS) is 22.0. The molecule has 0 spiro atoms. The average Bonchev–Trinajstić information content (AvgIpc) is 3.16. The van der Waals surface area contributed by atoms with E-state index in [1.165, 1.54) is 18.2 Å². The van der Waals surface area contributed by atoms with Gasteiger partial charge < -0.3 is 4.90 Å². The van der Waals surface area contributed by atoms with Crippen LogP contribution in [0, 0.1) is 0 Å². The van der Waals surface area contributed by atoms with Gasteiger partial charge in [-0.05, 0) is 44.6 Å². The third-order valence-electron chi connectivity index (χ3n) is 4.03. The molecule has 0 saturated carbocycles. The molecule has 118 valence electrons. The number of aromatic nitrogens is 3. The number of carbonyl (C=O) groups is 1. The van der Waals surface area contributed by atoms with E-state index >= 15 is 0 Å². The zero-order chi connectivity index (χ0) is 15.5. The lowest BCUT2D eigenvalue weighted by Gasteiger charge is -2.39. The molecule has 2 aromatic heterocycles. The number of rotatable bonds is 4. The number of piperidine rings is 1. The van der Waals surface area contributed by atoms with Gasteiger partial charge in [0, 0.05) is 12.1 Å². The maximum Gasteiger partial charge on any atom is 0.233 e. The summed E-state index contributed by atoms with van der Waals surface area (Å²) < 4.78 is 0. The number of nitrogens with zero attached hydrogens (tertiary/aromatic N) is 3. The number of amides is 1. The monoisotopic (exact) mass is 336 g/mol. The molecule has 1 fully saturated rings. The van der Waals surface area contributed by atoms with Crippen LogP contribution >= 0.6 is 23.1 Å². The van der Waals surface area contributed by atoms with E-state index in [9.17, 15) is 4.79 Å². The van der Waals surface area contributed by atoms with E-state index in [4.69, 9.17) is 0 Å². The Morgan fingerprint density at radius 2 is 2.23 bits per heavy atom. The van der Waals surface area contributed by atoms with Crippen LogP contribution in [0.1, 0.15) is 33.1 Å². The van der Waals surface area contributed by atoms with E-state index in [0.29, 0.717) is 23.0 Å². The molecular weight excluding hydrogens is 316 g/mol. The molecule has 1 saturated heterocycles. The van der Waals surface area contributed by atoms with Crippen molar-refractivity contribution in [3.8, 4) is 10.7 Å². The van der Waals surface area contributed by atoms with Crippen LogP contribution in [0.3, 0.4) is 0 Å². The van der Waals surface area contributed by atoms with Gasteiger partial charge in [-0.2, -0.15) is 0 Å². The lowest BCUT2D eigenvalue weighted by Crippen LogP contribution is -2.48. The Hall–Kier alpha value is -1.34. The van der Waals surface area contributed by atoms with Gasteiger partial charge in [0.2, 0.25) is 11.1 Å². The lowest BCUT2D eigenvalue weighted by molar-refractivity contribution is -0.134. The summed E-state index contributed by atoms with van der Waals surface area (Å²) in [6, 6.07) is 4.66. The molecule has 1 aliphatic rings. The molecule has 0 aromatic carbocycles. The number of thiophene rings is 1. The van der Waals surface area contributed by atoms with Crippen molar-refractivity contribution in [1.29, 1.82) is 0 Å². The van der Waals surface area contributed by atoms with Gasteiger partial charge in [-0.1, -0.05) is 17.8 Å². The first-order chi connectivity index (χ1) is 10.6. The molecule has 2 atom stereocenters. The summed E-state index contributed by atoms with van der Waals surface area (Å²) in [5.41, 5.74) is 0. The van der Waals surface area contributed by atoms with Gasteiger partial charge in [0.1, 0.15) is 0 Å². The van der Waals surface area contributed by atoms with Crippen molar-refractivity contribution in [3.05, 3.63) is 17.5 Å². The highest BCUT2D eigenvalue weighted by Crippen LogP contribution is 2.26. The lowest BCUT2D eigenvalue weighted by atomic mass is 9.98. The maximum absolute atomic E-state index is 12.5. The van der Waals surface area contributed by atoms with Crippen LogP contribution in [0.5, 0.6) is 0 Å². The van der Waals surface area contributed by atoms with Crippen molar-refractivity contribution in [2.75, 3.05) is 5.75 Å². The molecule has 7 heteroatoms. The number of thioether (sulfide) groups is 1. The van der Waals surface area contributed by atoms with Crippen LogP contribution in [0.25, 0.3) is 10.7 Å². The molecule has 22 heavy (non-hydrogen) atoms. The summed E-state index contributed by atoms with van der Waals surface area (Å²) in [5.74, 6) is 1.35.